The lowest BCUT2D eigenvalue weighted by Crippen LogP contribution is -2.53. The Morgan fingerprint density at radius 1 is 1.24 bits per heavy atom. The Bertz CT molecular complexity index is 644. The molecule has 25 heavy (non-hydrogen) atoms. The van der Waals surface area contributed by atoms with Gasteiger partial charge in [-0.1, -0.05) is 11.6 Å². The van der Waals surface area contributed by atoms with E-state index in [-0.39, 0.29) is 29.5 Å². The van der Waals surface area contributed by atoms with Crippen LogP contribution in [0.15, 0.2) is 18.2 Å². The fourth-order valence-corrected chi connectivity index (χ4v) is 3.13. The van der Waals surface area contributed by atoms with Gasteiger partial charge in [0.15, 0.2) is 6.61 Å². The molecule has 8 heteroatoms. The molecule has 2 aliphatic rings. The van der Waals surface area contributed by atoms with Gasteiger partial charge in [-0.25, -0.2) is 4.39 Å². The Balaban J connectivity index is 1.44. The number of ether oxygens (including phenoxy) is 2. The highest BCUT2D eigenvalue weighted by Gasteiger charge is 2.31. The largest absolute Gasteiger partial charge is 0.484 e. The molecular formula is C17H20ClFN2O4. The molecule has 2 saturated heterocycles. The summed E-state index contributed by atoms with van der Waals surface area (Å²) in [6.45, 7) is 2.40. The summed E-state index contributed by atoms with van der Waals surface area (Å²) in [5.41, 5.74) is 0. The molecule has 1 aromatic rings. The van der Waals surface area contributed by atoms with Gasteiger partial charge in [0.1, 0.15) is 17.7 Å². The van der Waals surface area contributed by atoms with E-state index in [1.54, 1.807) is 9.80 Å². The minimum absolute atomic E-state index is 0.0156. The first-order valence-corrected chi connectivity index (χ1v) is 8.68. The zero-order valence-corrected chi connectivity index (χ0v) is 14.5. The van der Waals surface area contributed by atoms with Crippen LogP contribution in [0.3, 0.4) is 0 Å². The van der Waals surface area contributed by atoms with Crippen molar-refractivity contribution in [1.82, 2.24) is 9.80 Å². The molecule has 2 amide bonds. The maximum atomic E-state index is 13.1. The van der Waals surface area contributed by atoms with Gasteiger partial charge in [-0.2, -0.15) is 0 Å². The van der Waals surface area contributed by atoms with E-state index in [0.29, 0.717) is 38.5 Å². The van der Waals surface area contributed by atoms with E-state index in [1.807, 2.05) is 0 Å². The normalized spacial score (nSPS) is 20.6. The van der Waals surface area contributed by atoms with Crippen LogP contribution in [0, 0.1) is 5.82 Å². The highest BCUT2D eigenvalue weighted by molar-refractivity contribution is 6.30. The fraction of sp³-hybridized carbons (Fsp3) is 0.529. The average Bonchev–Trinajstić information content (AvgIpc) is 3.16. The first kappa shape index (κ1) is 17.9. The van der Waals surface area contributed by atoms with Gasteiger partial charge >= 0.3 is 0 Å². The molecular weight excluding hydrogens is 351 g/mol. The monoisotopic (exact) mass is 370 g/mol. The second kappa shape index (κ2) is 8.01. The number of piperazine rings is 1. The summed E-state index contributed by atoms with van der Waals surface area (Å²) in [5, 5.41) is -0.0498. The summed E-state index contributed by atoms with van der Waals surface area (Å²) in [7, 11) is 0. The maximum Gasteiger partial charge on any atom is 0.260 e. The van der Waals surface area contributed by atoms with Crippen LogP contribution in [0.25, 0.3) is 0 Å². The third-order valence-corrected chi connectivity index (χ3v) is 4.69. The number of hydrogen-bond donors (Lipinski definition) is 0. The van der Waals surface area contributed by atoms with Crippen molar-refractivity contribution in [3.8, 4) is 5.75 Å². The summed E-state index contributed by atoms with van der Waals surface area (Å²) in [5.74, 6) is -0.356. The van der Waals surface area contributed by atoms with Crippen LogP contribution in [0.5, 0.6) is 5.75 Å². The first-order valence-electron chi connectivity index (χ1n) is 8.30. The van der Waals surface area contributed by atoms with Crippen molar-refractivity contribution in [2.24, 2.45) is 0 Å². The van der Waals surface area contributed by atoms with E-state index >= 15 is 0 Å². The lowest BCUT2D eigenvalue weighted by Gasteiger charge is -2.35. The quantitative estimate of drug-likeness (QED) is 0.809. The summed E-state index contributed by atoms with van der Waals surface area (Å²) >= 11 is 5.68. The molecule has 0 saturated carbocycles. The van der Waals surface area contributed by atoms with Gasteiger partial charge in [0, 0.05) is 38.9 Å². The number of hydrogen-bond acceptors (Lipinski definition) is 4. The molecule has 2 heterocycles. The molecule has 136 valence electrons. The number of benzene rings is 1. The molecule has 0 aromatic heterocycles. The topological polar surface area (TPSA) is 59.1 Å². The molecule has 1 aromatic carbocycles. The molecule has 2 fully saturated rings. The average molecular weight is 371 g/mol. The van der Waals surface area contributed by atoms with Crippen LogP contribution in [-0.4, -0.2) is 67.1 Å². The van der Waals surface area contributed by atoms with Gasteiger partial charge < -0.3 is 19.3 Å². The van der Waals surface area contributed by atoms with Gasteiger partial charge in [0.05, 0.1) is 5.02 Å². The molecule has 0 bridgehead atoms. The summed E-state index contributed by atoms with van der Waals surface area (Å²) < 4.78 is 23.9. The smallest absolute Gasteiger partial charge is 0.260 e. The van der Waals surface area contributed by atoms with Crippen molar-refractivity contribution in [3.05, 3.63) is 29.0 Å². The van der Waals surface area contributed by atoms with Gasteiger partial charge in [-0.15, -0.1) is 0 Å². The molecule has 3 rings (SSSR count). The standard InChI is InChI=1S/C17H20ClFN2O4/c18-13-10-12(3-4-14(13)19)25-11-16(22)20-5-7-21(8-6-20)17(23)15-2-1-9-24-15/h3-4,10,15H,1-2,5-9,11H2. The third-order valence-electron chi connectivity index (χ3n) is 4.40. The fourth-order valence-electron chi connectivity index (χ4n) is 2.96. The van der Waals surface area contributed by atoms with Crippen molar-refractivity contribution < 1.29 is 23.5 Å². The molecule has 0 spiro atoms. The van der Waals surface area contributed by atoms with Crippen LogP contribution in [0.2, 0.25) is 5.02 Å². The molecule has 1 atom stereocenters. The second-order valence-corrected chi connectivity index (χ2v) is 6.48. The zero-order valence-electron chi connectivity index (χ0n) is 13.7. The lowest BCUT2D eigenvalue weighted by atomic mass is 10.2. The Morgan fingerprint density at radius 2 is 1.96 bits per heavy atom. The molecule has 0 radical (unpaired) electrons. The number of carbonyl (C=O) groups excluding carboxylic acids is 2. The first-order chi connectivity index (χ1) is 12.0. The lowest BCUT2D eigenvalue weighted by molar-refractivity contribution is -0.146. The third kappa shape index (κ3) is 4.41. The summed E-state index contributed by atoms with van der Waals surface area (Å²) in [6.07, 6.45) is 1.36. The van der Waals surface area contributed by atoms with E-state index in [2.05, 4.69) is 0 Å². The Labute approximate surface area is 150 Å². The molecule has 1 unspecified atom stereocenters. The van der Waals surface area contributed by atoms with Crippen molar-refractivity contribution >= 4 is 23.4 Å². The second-order valence-electron chi connectivity index (χ2n) is 6.07. The number of halogens is 2. The van der Waals surface area contributed by atoms with Crippen molar-refractivity contribution in [1.29, 1.82) is 0 Å². The highest BCUT2D eigenvalue weighted by atomic mass is 35.5. The number of carbonyl (C=O) groups is 2. The molecule has 0 N–H and O–H groups in total. The Hall–Kier alpha value is -1.86. The van der Waals surface area contributed by atoms with Crippen LogP contribution in [0.4, 0.5) is 4.39 Å². The Kier molecular flexibility index (Phi) is 5.75. The zero-order chi connectivity index (χ0) is 17.8. The number of amides is 2. The van der Waals surface area contributed by atoms with Gasteiger partial charge in [0.25, 0.3) is 11.8 Å². The minimum atomic E-state index is -0.535. The molecule has 2 aliphatic heterocycles. The number of rotatable bonds is 4. The SMILES string of the molecule is O=C(COc1ccc(F)c(Cl)c1)N1CCN(C(=O)C2CCCO2)CC1. The van der Waals surface area contributed by atoms with E-state index < -0.39 is 5.82 Å². The van der Waals surface area contributed by atoms with Crippen molar-refractivity contribution in [2.75, 3.05) is 39.4 Å². The van der Waals surface area contributed by atoms with Crippen LogP contribution in [-0.2, 0) is 14.3 Å². The van der Waals surface area contributed by atoms with E-state index in [1.165, 1.54) is 18.2 Å². The Morgan fingerprint density at radius 3 is 2.60 bits per heavy atom. The van der Waals surface area contributed by atoms with Crippen LogP contribution < -0.4 is 4.74 Å². The van der Waals surface area contributed by atoms with Crippen molar-refractivity contribution in [3.63, 3.8) is 0 Å². The minimum Gasteiger partial charge on any atom is -0.484 e. The van der Waals surface area contributed by atoms with Crippen molar-refractivity contribution in [2.45, 2.75) is 18.9 Å². The van der Waals surface area contributed by atoms with Gasteiger partial charge in [-0.05, 0) is 25.0 Å². The number of nitrogens with zero attached hydrogens (tertiary/aromatic N) is 2. The van der Waals surface area contributed by atoms with Crippen LogP contribution in [0.1, 0.15) is 12.8 Å². The predicted molar refractivity (Wildman–Crippen MR) is 89.0 cm³/mol. The molecule has 6 nitrogen and oxygen atoms in total. The summed E-state index contributed by atoms with van der Waals surface area (Å²) in [4.78, 5) is 27.9. The van der Waals surface area contributed by atoms with E-state index in [9.17, 15) is 14.0 Å². The summed E-state index contributed by atoms with van der Waals surface area (Å²) in [6, 6.07) is 3.95. The highest BCUT2D eigenvalue weighted by Crippen LogP contribution is 2.21. The predicted octanol–water partition coefficient (Wildman–Crippen LogP) is 1.71. The van der Waals surface area contributed by atoms with E-state index in [4.69, 9.17) is 21.1 Å². The van der Waals surface area contributed by atoms with Gasteiger partial charge in [-0.3, -0.25) is 9.59 Å². The molecule has 0 aliphatic carbocycles. The van der Waals surface area contributed by atoms with Gasteiger partial charge in [0.2, 0.25) is 0 Å². The van der Waals surface area contributed by atoms with Crippen LogP contribution >= 0.6 is 11.6 Å². The van der Waals surface area contributed by atoms with E-state index in [0.717, 1.165) is 12.8 Å². The maximum absolute atomic E-state index is 13.1.